The van der Waals surface area contributed by atoms with Gasteiger partial charge in [0.05, 0.1) is 0 Å². The second-order valence-electron chi connectivity index (χ2n) is 7.79. The molecule has 0 aliphatic heterocycles. The molecule has 5 heteroatoms. The van der Waals surface area contributed by atoms with Crippen LogP contribution in [0.1, 0.15) is 23.6 Å². The van der Waals surface area contributed by atoms with Gasteiger partial charge in [0.15, 0.2) is 0 Å². The number of hydrogen-bond donors (Lipinski definition) is 1. The third-order valence-corrected chi connectivity index (χ3v) is 5.49. The fourth-order valence-electron chi connectivity index (χ4n) is 3.65. The van der Waals surface area contributed by atoms with Gasteiger partial charge >= 0.3 is 0 Å². The Hall–Kier alpha value is -4.43. The molecule has 0 heterocycles. The lowest BCUT2D eigenvalue weighted by molar-refractivity contribution is -0.112. The second-order valence-corrected chi connectivity index (χ2v) is 7.79. The number of carbonyl (C=O) groups excluding carboxylic acids is 1. The Morgan fingerprint density at radius 2 is 1.79 bits per heavy atom. The molecule has 4 aromatic carbocycles. The number of amides is 1. The van der Waals surface area contributed by atoms with Crippen molar-refractivity contribution in [2.75, 3.05) is 5.32 Å². The van der Waals surface area contributed by atoms with Gasteiger partial charge in [-0.25, -0.2) is 4.39 Å². The molecule has 0 saturated heterocycles. The Bertz CT molecular complexity index is 1400. The molecular formula is C29H23FN2O2. The molecule has 34 heavy (non-hydrogen) atoms. The molecule has 4 rings (SSSR count). The van der Waals surface area contributed by atoms with Crippen molar-refractivity contribution in [3.05, 3.63) is 113 Å². The molecule has 0 saturated carbocycles. The topological polar surface area (TPSA) is 62.1 Å². The van der Waals surface area contributed by atoms with Crippen LogP contribution < -0.4 is 10.1 Å². The van der Waals surface area contributed by atoms with Crippen LogP contribution in [0.15, 0.2) is 90.5 Å². The van der Waals surface area contributed by atoms with Gasteiger partial charge in [0.25, 0.3) is 5.91 Å². The average molecular weight is 451 g/mol. The number of anilines is 1. The summed E-state index contributed by atoms with van der Waals surface area (Å²) in [5, 5.41) is 14.3. The van der Waals surface area contributed by atoms with Gasteiger partial charge in [-0.3, -0.25) is 4.79 Å². The molecule has 0 aromatic heterocycles. The van der Waals surface area contributed by atoms with E-state index in [1.165, 1.54) is 12.1 Å². The van der Waals surface area contributed by atoms with Crippen LogP contribution in [0, 0.1) is 17.1 Å². The summed E-state index contributed by atoms with van der Waals surface area (Å²) in [7, 11) is 0. The predicted octanol–water partition coefficient (Wildman–Crippen LogP) is 6.67. The van der Waals surface area contributed by atoms with Crippen molar-refractivity contribution >= 4 is 28.4 Å². The Morgan fingerprint density at radius 1 is 1.00 bits per heavy atom. The third kappa shape index (κ3) is 5.31. The van der Waals surface area contributed by atoms with Crippen LogP contribution in [-0.4, -0.2) is 5.91 Å². The van der Waals surface area contributed by atoms with Crippen molar-refractivity contribution in [1.29, 1.82) is 5.26 Å². The van der Waals surface area contributed by atoms with Crippen molar-refractivity contribution in [3.63, 3.8) is 0 Å². The maximum absolute atomic E-state index is 13.6. The SMILES string of the molecule is CCc1ccc(NC(=O)/C(C#N)=C/c2c(OCc3cccc(F)c3)ccc3ccccc23)cc1. The molecule has 0 radical (unpaired) electrons. The first-order chi connectivity index (χ1) is 16.6. The molecule has 1 N–H and O–H groups in total. The van der Waals surface area contributed by atoms with E-state index in [9.17, 15) is 14.4 Å². The van der Waals surface area contributed by atoms with Crippen LogP contribution in [0.25, 0.3) is 16.8 Å². The van der Waals surface area contributed by atoms with E-state index in [4.69, 9.17) is 4.74 Å². The van der Waals surface area contributed by atoms with Gasteiger partial charge in [0.1, 0.15) is 29.8 Å². The number of nitriles is 1. The molecular weight excluding hydrogens is 427 g/mol. The number of ether oxygens (including phenoxy) is 1. The standard InChI is InChI=1S/C29H23FN2O2/c1-2-20-10-13-25(14-11-20)32-29(33)23(18-31)17-27-26-9-4-3-7-22(26)12-15-28(27)34-19-21-6-5-8-24(30)16-21/h3-17H,2,19H2,1H3,(H,32,33)/b23-17+. The summed E-state index contributed by atoms with van der Waals surface area (Å²) in [6, 6.07) is 27.1. The van der Waals surface area contributed by atoms with E-state index in [0.717, 1.165) is 22.8 Å². The Kier molecular flexibility index (Phi) is 7.00. The fraction of sp³-hybridized carbons (Fsp3) is 0.103. The van der Waals surface area contributed by atoms with Gasteiger partial charge in [-0.2, -0.15) is 5.26 Å². The number of rotatable bonds is 7. The molecule has 0 aliphatic rings. The smallest absolute Gasteiger partial charge is 0.266 e. The molecule has 0 unspecified atom stereocenters. The molecule has 0 atom stereocenters. The van der Waals surface area contributed by atoms with Gasteiger partial charge in [0, 0.05) is 11.3 Å². The number of carbonyl (C=O) groups is 1. The van der Waals surface area contributed by atoms with Gasteiger partial charge < -0.3 is 10.1 Å². The summed E-state index contributed by atoms with van der Waals surface area (Å²) < 4.78 is 19.6. The number of fused-ring (bicyclic) bond motifs is 1. The number of nitrogens with zero attached hydrogens (tertiary/aromatic N) is 1. The van der Waals surface area contributed by atoms with Crippen molar-refractivity contribution in [1.82, 2.24) is 0 Å². The molecule has 1 amide bonds. The average Bonchev–Trinajstić information content (AvgIpc) is 2.86. The number of halogens is 1. The van der Waals surface area contributed by atoms with Gasteiger partial charge in [-0.15, -0.1) is 0 Å². The van der Waals surface area contributed by atoms with E-state index in [2.05, 4.69) is 12.2 Å². The van der Waals surface area contributed by atoms with Crippen molar-refractivity contribution in [2.45, 2.75) is 20.0 Å². The maximum atomic E-state index is 13.6. The summed E-state index contributed by atoms with van der Waals surface area (Å²) in [4.78, 5) is 12.9. The van der Waals surface area contributed by atoms with Crippen LogP contribution in [0.4, 0.5) is 10.1 Å². The number of aryl methyl sites for hydroxylation is 1. The van der Waals surface area contributed by atoms with Crippen molar-refractivity contribution < 1.29 is 13.9 Å². The van der Waals surface area contributed by atoms with E-state index in [-0.39, 0.29) is 18.0 Å². The fourth-order valence-corrected chi connectivity index (χ4v) is 3.65. The lowest BCUT2D eigenvalue weighted by Gasteiger charge is -2.13. The van der Waals surface area contributed by atoms with E-state index in [0.29, 0.717) is 22.6 Å². The van der Waals surface area contributed by atoms with Crippen LogP contribution in [0.5, 0.6) is 5.75 Å². The predicted molar refractivity (Wildman–Crippen MR) is 133 cm³/mol. The van der Waals surface area contributed by atoms with E-state index in [1.54, 1.807) is 24.3 Å². The first-order valence-electron chi connectivity index (χ1n) is 11.0. The molecule has 168 valence electrons. The zero-order valence-corrected chi connectivity index (χ0v) is 18.7. The normalized spacial score (nSPS) is 11.1. The van der Waals surface area contributed by atoms with Gasteiger partial charge in [-0.05, 0) is 64.7 Å². The summed E-state index contributed by atoms with van der Waals surface area (Å²) >= 11 is 0. The molecule has 0 spiro atoms. The quantitative estimate of drug-likeness (QED) is 0.253. The third-order valence-electron chi connectivity index (χ3n) is 5.49. The molecule has 0 bridgehead atoms. The molecule has 4 nitrogen and oxygen atoms in total. The summed E-state index contributed by atoms with van der Waals surface area (Å²) in [6.07, 6.45) is 2.44. The maximum Gasteiger partial charge on any atom is 0.266 e. The Balaban J connectivity index is 1.67. The highest BCUT2D eigenvalue weighted by Crippen LogP contribution is 2.31. The zero-order valence-electron chi connectivity index (χ0n) is 18.7. The number of benzene rings is 4. The lowest BCUT2D eigenvalue weighted by Crippen LogP contribution is -2.13. The summed E-state index contributed by atoms with van der Waals surface area (Å²) in [6.45, 7) is 2.21. The van der Waals surface area contributed by atoms with Crippen LogP contribution in [-0.2, 0) is 17.8 Å². The minimum atomic E-state index is -0.504. The summed E-state index contributed by atoms with van der Waals surface area (Å²) in [5.41, 5.74) is 3.01. The van der Waals surface area contributed by atoms with E-state index < -0.39 is 5.91 Å². The van der Waals surface area contributed by atoms with Crippen molar-refractivity contribution in [3.8, 4) is 11.8 Å². The van der Waals surface area contributed by atoms with E-state index in [1.807, 2.05) is 60.7 Å². The van der Waals surface area contributed by atoms with E-state index >= 15 is 0 Å². The number of hydrogen-bond acceptors (Lipinski definition) is 3. The highest BCUT2D eigenvalue weighted by Gasteiger charge is 2.14. The second kappa shape index (κ2) is 10.5. The molecule has 4 aromatic rings. The summed E-state index contributed by atoms with van der Waals surface area (Å²) in [5.74, 6) is -0.346. The monoisotopic (exact) mass is 450 g/mol. The van der Waals surface area contributed by atoms with Crippen molar-refractivity contribution in [2.24, 2.45) is 0 Å². The zero-order chi connectivity index (χ0) is 23.9. The highest BCUT2D eigenvalue weighted by atomic mass is 19.1. The Morgan fingerprint density at radius 3 is 2.53 bits per heavy atom. The first-order valence-corrected chi connectivity index (χ1v) is 11.0. The van der Waals surface area contributed by atoms with Gasteiger partial charge in [0.2, 0.25) is 0 Å². The number of nitrogens with one attached hydrogen (secondary N) is 1. The highest BCUT2D eigenvalue weighted by molar-refractivity contribution is 6.11. The van der Waals surface area contributed by atoms with Crippen LogP contribution >= 0.6 is 0 Å². The van der Waals surface area contributed by atoms with Crippen LogP contribution in [0.2, 0.25) is 0 Å². The first kappa shape index (κ1) is 22.8. The van der Waals surface area contributed by atoms with Crippen LogP contribution in [0.3, 0.4) is 0 Å². The van der Waals surface area contributed by atoms with Gasteiger partial charge in [-0.1, -0.05) is 61.5 Å². The molecule has 0 aliphatic carbocycles. The largest absolute Gasteiger partial charge is 0.488 e. The Labute approximate surface area is 197 Å². The minimum Gasteiger partial charge on any atom is -0.488 e. The minimum absolute atomic E-state index is 0.0495. The lowest BCUT2D eigenvalue weighted by atomic mass is 10.0. The molecule has 0 fully saturated rings.